The lowest BCUT2D eigenvalue weighted by Crippen LogP contribution is -2.20. The predicted molar refractivity (Wildman–Crippen MR) is 60.2 cm³/mol. The Balaban J connectivity index is 2.22. The molecule has 0 radical (unpaired) electrons. The third-order valence-corrected chi connectivity index (χ3v) is 3.20. The van der Waals surface area contributed by atoms with Gasteiger partial charge < -0.3 is 5.32 Å². The smallest absolute Gasteiger partial charge is 0.0386 e. The lowest BCUT2D eigenvalue weighted by atomic mass is 10.1. The summed E-state index contributed by atoms with van der Waals surface area (Å²) >= 11 is 1.83. The van der Waals surface area contributed by atoms with E-state index in [1.165, 1.54) is 11.3 Å². The van der Waals surface area contributed by atoms with E-state index < -0.39 is 0 Å². The van der Waals surface area contributed by atoms with Crippen LogP contribution in [0.25, 0.3) is 0 Å². The molecule has 1 N–H and O–H groups in total. The second-order valence-corrected chi connectivity index (χ2v) is 4.85. The third-order valence-electron chi connectivity index (χ3n) is 2.14. The van der Waals surface area contributed by atoms with Crippen LogP contribution in [0.15, 0.2) is 17.5 Å². The normalized spacial score (nSPS) is 13.5. The number of thiophene rings is 1. The number of hydrogen-bond acceptors (Lipinski definition) is 2. The molecule has 13 heavy (non-hydrogen) atoms. The minimum absolute atomic E-state index is 0.513. The third kappa shape index (κ3) is 3.92. The van der Waals surface area contributed by atoms with Crippen LogP contribution in [-0.4, -0.2) is 6.54 Å². The summed E-state index contributed by atoms with van der Waals surface area (Å²) in [5.74, 6) is 0.794. The van der Waals surface area contributed by atoms with Gasteiger partial charge in [-0.3, -0.25) is 0 Å². The van der Waals surface area contributed by atoms with Gasteiger partial charge in [0, 0.05) is 10.9 Å². The first-order chi connectivity index (χ1) is 6.20. The number of rotatable bonds is 5. The van der Waals surface area contributed by atoms with Crippen molar-refractivity contribution < 1.29 is 0 Å². The molecule has 0 aromatic carbocycles. The molecule has 1 aromatic heterocycles. The first-order valence-electron chi connectivity index (χ1n) is 4.97. The van der Waals surface area contributed by atoms with E-state index in [0.717, 1.165) is 12.5 Å². The van der Waals surface area contributed by atoms with Gasteiger partial charge in [-0.1, -0.05) is 19.9 Å². The van der Waals surface area contributed by atoms with Crippen LogP contribution >= 0.6 is 11.3 Å². The van der Waals surface area contributed by atoms with E-state index >= 15 is 0 Å². The Bertz CT molecular complexity index is 216. The minimum atomic E-state index is 0.513. The molecule has 2 heteroatoms. The number of nitrogens with one attached hydrogen (secondary N) is 1. The zero-order valence-corrected chi connectivity index (χ0v) is 9.53. The van der Waals surface area contributed by atoms with Crippen molar-refractivity contribution in [1.82, 2.24) is 5.32 Å². The van der Waals surface area contributed by atoms with Gasteiger partial charge in [-0.05, 0) is 37.3 Å². The maximum absolute atomic E-state index is 3.53. The fourth-order valence-corrected chi connectivity index (χ4v) is 1.99. The molecule has 0 aliphatic heterocycles. The van der Waals surface area contributed by atoms with E-state index in [1.807, 2.05) is 11.3 Å². The average molecular weight is 197 g/mol. The van der Waals surface area contributed by atoms with E-state index in [1.54, 1.807) is 0 Å². The predicted octanol–water partition coefficient (Wildman–Crippen LogP) is 3.44. The standard InChI is InChI=1S/C11H19NS/c1-9(2)6-7-12-10(3)11-5-4-8-13-11/h4-5,8-10,12H,6-7H2,1-3H3/t10-/m0/s1. The SMILES string of the molecule is CC(C)CCN[C@@H](C)c1cccs1. The molecule has 0 spiro atoms. The molecule has 0 aliphatic rings. The number of hydrogen-bond donors (Lipinski definition) is 1. The van der Waals surface area contributed by atoms with Crippen LogP contribution in [0.4, 0.5) is 0 Å². The second kappa shape index (κ2) is 5.40. The Morgan fingerprint density at radius 1 is 1.38 bits per heavy atom. The van der Waals surface area contributed by atoms with Crippen LogP contribution < -0.4 is 5.32 Å². The highest BCUT2D eigenvalue weighted by molar-refractivity contribution is 7.10. The molecule has 0 aliphatic carbocycles. The van der Waals surface area contributed by atoms with Gasteiger partial charge in [-0.2, -0.15) is 0 Å². The van der Waals surface area contributed by atoms with Gasteiger partial charge in [-0.15, -0.1) is 11.3 Å². The Kier molecular flexibility index (Phi) is 4.46. The van der Waals surface area contributed by atoms with Gasteiger partial charge >= 0.3 is 0 Å². The molecular formula is C11H19NS. The van der Waals surface area contributed by atoms with Crippen molar-refractivity contribution in [3.63, 3.8) is 0 Å². The zero-order valence-electron chi connectivity index (χ0n) is 8.71. The monoisotopic (exact) mass is 197 g/mol. The van der Waals surface area contributed by atoms with Crippen LogP contribution in [-0.2, 0) is 0 Å². The molecule has 74 valence electrons. The summed E-state index contributed by atoms with van der Waals surface area (Å²) in [6, 6.07) is 4.82. The summed E-state index contributed by atoms with van der Waals surface area (Å²) in [6.07, 6.45) is 1.26. The topological polar surface area (TPSA) is 12.0 Å². The van der Waals surface area contributed by atoms with Crippen LogP contribution in [0.2, 0.25) is 0 Å². The molecule has 0 fully saturated rings. The summed E-state index contributed by atoms with van der Waals surface area (Å²) in [5.41, 5.74) is 0. The Labute approximate surface area is 85.2 Å². The van der Waals surface area contributed by atoms with Crippen molar-refractivity contribution >= 4 is 11.3 Å². The van der Waals surface area contributed by atoms with E-state index in [9.17, 15) is 0 Å². The van der Waals surface area contributed by atoms with Gasteiger partial charge in [-0.25, -0.2) is 0 Å². The lowest BCUT2D eigenvalue weighted by Gasteiger charge is -2.12. The van der Waals surface area contributed by atoms with Crippen LogP contribution in [0, 0.1) is 5.92 Å². The largest absolute Gasteiger partial charge is 0.309 e. The fraction of sp³-hybridized carbons (Fsp3) is 0.636. The molecule has 1 atom stereocenters. The van der Waals surface area contributed by atoms with Crippen LogP contribution in [0.5, 0.6) is 0 Å². The van der Waals surface area contributed by atoms with E-state index in [0.29, 0.717) is 6.04 Å². The summed E-state index contributed by atoms with van der Waals surface area (Å²) in [4.78, 5) is 1.43. The van der Waals surface area contributed by atoms with Crippen LogP contribution in [0.1, 0.15) is 38.1 Å². The van der Waals surface area contributed by atoms with Crippen molar-refractivity contribution in [2.24, 2.45) is 5.92 Å². The maximum atomic E-state index is 3.53. The zero-order chi connectivity index (χ0) is 9.68. The van der Waals surface area contributed by atoms with Crippen molar-refractivity contribution in [3.05, 3.63) is 22.4 Å². The lowest BCUT2D eigenvalue weighted by molar-refractivity contribution is 0.500. The van der Waals surface area contributed by atoms with Crippen molar-refractivity contribution in [1.29, 1.82) is 0 Å². The molecular weight excluding hydrogens is 178 g/mol. The highest BCUT2D eigenvalue weighted by Gasteiger charge is 2.04. The second-order valence-electron chi connectivity index (χ2n) is 3.87. The quantitative estimate of drug-likeness (QED) is 0.762. The first-order valence-corrected chi connectivity index (χ1v) is 5.85. The highest BCUT2D eigenvalue weighted by atomic mass is 32.1. The molecule has 0 bridgehead atoms. The van der Waals surface area contributed by atoms with Gasteiger partial charge in [0.2, 0.25) is 0 Å². The highest BCUT2D eigenvalue weighted by Crippen LogP contribution is 2.17. The summed E-state index contributed by atoms with van der Waals surface area (Å²) < 4.78 is 0. The van der Waals surface area contributed by atoms with Crippen molar-refractivity contribution in [2.45, 2.75) is 33.2 Å². The van der Waals surface area contributed by atoms with E-state index in [-0.39, 0.29) is 0 Å². The van der Waals surface area contributed by atoms with Gasteiger partial charge in [0.25, 0.3) is 0 Å². The molecule has 0 unspecified atom stereocenters. The minimum Gasteiger partial charge on any atom is -0.309 e. The van der Waals surface area contributed by atoms with E-state index in [2.05, 4.69) is 43.6 Å². The van der Waals surface area contributed by atoms with Crippen LogP contribution in [0.3, 0.4) is 0 Å². The molecule has 0 saturated heterocycles. The molecule has 0 amide bonds. The average Bonchev–Trinajstić information content (AvgIpc) is 2.55. The molecule has 1 nitrogen and oxygen atoms in total. The van der Waals surface area contributed by atoms with Crippen molar-refractivity contribution in [2.75, 3.05) is 6.54 Å². The van der Waals surface area contributed by atoms with Gasteiger partial charge in [0.1, 0.15) is 0 Å². The Morgan fingerprint density at radius 2 is 2.15 bits per heavy atom. The first kappa shape index (κ1) is 10.7. The Morgan fingerprint density at radius 3 is 2.69 bits per heavy atom. The summed E-state index contributed by atoms with van der Waals surface area (Å²) in [6.45, 7) is 7.87. The molecule has 0 saturated carbocycles. The Hall–Kier alpha value is -0.340. The summed E-state index contributed by atoms with van der Waals surface area (Å²) in [7, 11) is 0. The van der Waals surface area contributed by atoms with Gasteiger partial charge in [0.05, 0.1) is 0 Å². The summed E-state index contributed by atoms with van der Waals surface area (Å²) in [5, 5.41) is 5.66. The van der Waals surface area contributed by atoms with Crippen molar-refractivity contribution in [3.8, 4) is 0 Å². The molecule has 1 heterocycles. The fourth-order valence-electron chi connectivity index (χ4n) is 1.23. The van der Waals surface area contributed by atoms with E-state index in [4.69, 9.17) is 0 Å². The molecule has 1 rings (SSSR count). The van der Waals surface area contributed by atoms with Gasteiger partial charge in [0.15, 0.2) is 0 Å². The maximum Gasteiger partial charge on any atom is 0.0386 e. The molecule has 1 aromatic rings.